The molecule has 0 saturated carbocycles. The highest BCUT2D eigenvalue weighted by Gasteiger charge is 1.98. The fourth-order valence-corrected chi connectivity index (χ4v) is 2.27. The molecule has 0 fully saturated rings. The van der Waals surface area contributed by atoms with E-state index >= 15 is 0 Å². The maximum Gasteiger partial charge on any atom is 0.0950 e. The molecule has 0 bridgehead atoms. The molecule has 0 spiro atoms. The zero-order valence-electron chi connectivity index (χ0n) is 9.52. The maximum atomic E-state index is 4.36. The summed E-state index contributed by atoms with van der Waals surface area (Å²) in [4.78, 5) is 4.36. The first kappa shape index (κ1) is 11.4. The first-order valence-corrected chi connectivity index (χ1v) is 6.55. The number of rotatable bonds is 6. The molecule has 0 unspecified atom stereocenters. The van der Waals surface area contributed by atoms with Crippen molar-refractivity contribution in [3.63, 3.8) is 0 Å². The van der Waals surface area contributed by atoms with E-state index in [-0.39, 0.29) is 0 Å². The lowest BCUT2D eigenvalue weighted by atomic mass is 10.2. The largest absolute Gasteiger partial charge is 0.337 e. The van der Waals surface area contributed by atoms with Crippen LogP contribution in [0.5, 0.6) is 0 Å². The van der Waals surface area contributed by atoms with Gasteiger partial charge >= 0.3 is 0 Å². The first-order chi connectivity index (χ1) is 7.88. The van der Waals surface area contributed by atoms with E-state index in [1.807, 2.05) is 6.33 Å². The molecule has 16 heavy (non-hydrogen) atoms. The summed E-state index contributed by atoms with van der Waals surface area (Å²) in [7, 11) is 0. The lowest BCUT2D eigenvalue weighted by molar-refractivity contribution is 0.690. The van der Waals surface area contributed by atoms with Gasteiger partial charge in [-0.3, -0.25) is 0 Å². The molecule has 86 valence electrons. The Morgan fingerprint density at radius 2 is 2.44 bits per heavy atom. The number of aromatic nitrogens is 2. The number of imidazole rings is 1. The van der Waals surface area contributed by atoms with Gasteiger partial charge in [0.15, 0.2) is 0 Å². The van der Waals surface area contributed by atoms with Crippen LogP contribution in [-0.2, 0) is 19.5 Å². The second-order valence-corrected chi connectivity index (χ2v) is 4.54. The van der Waals surface area contributed by atoms with Crippen molar-refractivity contribution in [2.45, 2.75) is 26.4 Å². The lowest BCUT2D eigenvalue weighted by Crippen LogP contribution is -2.11. The molecule has 2 rings (SSSR count). The summed E-state index contributed by atoms with van der Waals surface area (Å²) in [6, 6.07) is 2.18. The summed E-state index contributed by atoms with van der Waals surface area (Å²) in [5.41, 5.74) is 2.53. The molecule has 0 radical (unpaired) electrons. The standard InChI is InChI=1S/C12H17N3S/c1-2-13-7-12-8-15(10-14-12)5-3-11-4-6-16-9-11/h4,6,8-10,13H,2-3,5,7H2,1H3. The lowest BCUT2D eigenvalue weighted by Gasteiger charge is -1.99. The Bertz CT molecular complexity index is 406. The van der Waals surface area contributed by atoms with Crippen molar-refractivity contribution in [1.29, 1.82) is 0 Å². The molecule has 2 heterocycles. The molecule has 3 nitrogen and oxygen atoms in total. The van der Waals surface area contributed by atoms with Crippen LogP contribution in [0.25, 0.3) is 0 Å². The normalized spacial score (nSPS) is 10.8. The Kier molecular flexibility index (Phi) is 4.13. The zero-order chi connectivity index (χ0) is 11.2. The van der Waals surface area contributed by atoms with Gasteiger partial charge in [-0.1, -0.05) is 6.92 Å². The van der Waals surface area contributed by atoms with E-state index in [1.54, 1.807) is 11.3 Å². The van der Waals surface area contributed by atoms with E-state index < -0.39 is 0 Å². The number of hydrogen-bond donors (Lipinski definition) is 1. The van der Waals surface area contributed by atoms with Crippen LogP contribution < -0.4 is 5.32 Å². The number of nitrogens with one attached hydrogen (secondary N) is 1. The number of thiophene rings is 1. The van der Waals surface area contributed by atoms with Gasteiger partial charge in [-0.2, -0.15) is 11.3 Å². The Morgan fingerprint density at radius 3 is 3.19 bits per heavy atom. The highest BCUT2D eigenvalue weighted by atomic mass is 32.1. The molecule has 0 amide bonds. The van der Waals surface area contributed by atoms with Gasteiger partial charge in [0.05, 0.1) is 12.0 Å². The zero-order valence-corrected chi connectivity index (χ0v) is 10.3. The van der Waals surface area contributed by atoms with Gasteiger partial charge in [0.25, 0.3) is 0 Å². The van der Waals surface area contributed by atoms with Crippen molar-refractivity contribution >= 4 is 11.3 Å². The molecule has 4 heteroatoms. The number of aryl methyl sites for hydroxylation is 2. The van der Waals surface area contributed by atoms with Crippen molar-refractivity contribution in [1.82, 2.24) is 14.9 Å². The molecule has 0 aliphatic carbocycles. The van der Waals surface area contributed by atoms with Crippen molar-refractivity contribution in [2.24, 2.45) is 0 Å². The van der Waals surface area contributed by atoms with Crippen molar-refractivity contribution in [2.75, 3.05) is 6.54 Å². The van der Waals surface area contributed by atoms with Gasteiger partial charge in [-0.15, -0.1) is 0 Å². The topological polar surface area (TPSA) is 29.9 Å². The molecule has 0 aromatic carbocycles. The summed E-state index contributed by atoms with van der Waals surface area (Å²) in [6.07, 6.45) is 5.12. The smallest absolute Gasteiger partial charge is 0.0950 e. The Hall–Kier alpha value is -1.13. The molecule has 2 aromatic rings. The van der Waals surface area contributed by atoms with Crippen LogP contribution in [0.4, 0.5) is 0 Å². The van der Waals surface area contributed by atoms with Gasteiger partial charge in [-0.25, -0.2) is 4.98 Å². The maximum absolute atomic E-state index is 4.36. The quantitative estimate of drug-likeness (QED) is 0.832. The van der Waals surface area contributed by atoms with Gasteiger partial charge in [-0.05, 0) is 35.4 Å². The molecule has 0 atom stereocenters. The second kappa shape index (κ2) is 5.82. The Morgan fingerprint density at radius 1 is 1.50 bits per heavy atom. The highest BCUT2D eigenvalue weighted by molar-refractivity contribution is 7.07. The van der Waals surface area contributed by atoms with Crippen LogP contribution in [-0.4, -0.2) is 16.1 Å². The monoisotopic (exact) mass is 235 g/mol. The summed E-state index contributed by atoms with van der Waals surface area (Å²) < 4.78 is 2.16. The van der Waals surface area contributed by atoms with E-state index in [0.717, 1.165) is 31.7 Å². The Labute approximate surface area is 100 Å². The van der Waals surface area contributed by atoms with Crippen LogP contribution in [0.3, 0.4) is 0 Å². The molecule has 0 aliphatic rings. The summed E-state index contributed by atoms with van der Waals surface area (Å²) in [6.45, 7) is 4.97. The molecule has 1 N–H and O–H groups in total. The van der Waals surface area contributed by atoms with Gasteiger partial charge in [0, 0.05) is 19.3 Å². The summed E-state index contributed by atoms with van der Waals surface area (Å²) in [5.74, 6) is 0. The highest BCUT2D eigenvalue weighted by Crippen LogP contribution is 2.08. The first-order valence-electron chi connectivity index (χ1n) is 5.61. The van der Waals surface area contributed by atoms with E-state index in [1.165, 1.54) is 5.56 Å². The van der Waals surface area contributed by atoms with Crippen LogP contribution in [0.1, 0.15) is 18.2 Å². The van der Waals surface area contributed by atoms with Gasteiger partial charge in [0.1, 0.15) is 0 Å². The minimum absolute atomic E-state index is 0.863. The van der Waals surface area contributed by atoms with Gasteiger partial charge in [0.2, 0.25) is 0 Å². The van der Waals surface area contributed by atoms with Crippen LogP contribution >= 0.6 is 11.3 Å². The Balaban J connectivity index is 1.83. The fraction of sp³-hybridized carbons (Fsp3) is 0.417. The third-order valence-corrected chi connectivity index (χ3v) is 3.21. The van der Waals surface area contributed by atoms with E-state index in [0.29, 0.717) is 0 Å². The van der Waals surface area contributed by atoms with Crippen LogP contribution in [0.15, 0.2) is 29.4 Å². The van der Waals surface area contributed by atoms with Gasteiger partial charge < -0.3 is 9.88 Å². The van der Waals surface area contributed by atoms with E-state index in [2.05, 4.69) is 44.8 Å². The average molecular weight is 235 g/mol. The van der Waals surface area contributed by atoms with Crippen LogP contribution in [0, 0.1) is 0 Å². The van der Waals surface area contributed by atoms with Crippen LogP contribution in [0.2, 0.25) is 0 Å². The molecular weight excluding hydrogens is 218 g/mol. The fourth-order valence-electron chi connectivity index (χ4n) is 1.57. The molecule has 0 aliphatic heterocycles. The SMILES string of the molecule is CCNCc1cn(CCc2ccsc2)cn1. The minimum atomic E-state index is 0.863. The predicted octanol–water partition coefficient (Wildman–Crippen LogP) is 2.30. The second-order valence-electron chi connectivity index (χ2n) is 3.76. The number of hydrogen-bond acceptors (Lipinski definition) is 3. The average Bonchev–Trinajstić information content (AvgIpc) is 2.95. The van der Waals surface area contributed by atoms with Crippen molar-refractivity contribution in [3.05, 3.63) is 40.6 Å². The predicted molar refractivity (Wildman–Crippen MR) is 67.6 cm³/mol. The molecule has 2 aromatic heterocycles. The molecule has 0 saturated heterocycles. The summed E-state index contributed by atoms with van der Waals surface area (Å²) >= 11 is 1.76. The summed E-state index contributed by atoms with van der Waals surface area (Å²) in [5, 5.41) is 7.60. The van der Waals surface area contributed by atoms with Crippen molar-refractivity contribution < 1.29 is 0 Å². The van der Waals surface area contributed by atoms with E-state index in [4.69, 9.17) is 0 Å². The molecular formula is C12H17N3S. The third-order valence-electron chi connectivity index (χ3n) is 2.48. The minimum Gasteiger partial charge on any atom is -0.337 e. The third kappa shape index (κ3) is 3.18. The van der Waals surface area contributed by atoms with Crippen molar-refractivity contribution in [3.8, 4) is 0 Å². The number of nitrogens with zero attached hydrogens (tertiary/aromatic N) is 2. The van der Waals surface area contributed by atoms with E-state index in [9.17, 15) is 0 Å².